The predicted molar refractivity (Wildman–Crippen MR) is 83.6 cm³/mol. The molecule has 2 heterocycles. The van der Waals surface area contributed by atoms with Crippen molar-refractivity contribution in [2.75, 3.05) is 6.61 Å². The van der Waals surface area contributed by atoms with E-state index in [1.54, 1.807) is 18.9 Å². The van der Waals surface area contributed by atoms with E-state index in [1.807, 2.05) is 30.3 Å². The van der Waals surface area contributed by atoms with Crippen LogP contribution in [0.25, 0.3) is 0 Å². The van der Waals surface area contributed by atoms with Crippen LogP contribution in [0.1, 0.15) is 31.9 Å². The Labute approximate surface area is 131 Å². The second-order valence-electron chi connectivity index (χ2n) is 6.10. The normalized spacial score (nSPS) is 27.4. The van der Waals surface area contributed by atoms with Crippen LogP contribution in [0.2, 0.25) is 0 Å². The first-order valence-electron chi connectivity index (χ1n) is 7.12. The van der Waals surface area contributed by atoms with Crippen LogP contribution in [0.3, 0.4) is 0 Å². The van der Waals surface area contributed by atoms with E-state index in [1.165, 1.54) is 0 Å². The molecule has 7 heteroatoms. The Balaban J connectivity index is 1.91. The third-order valence-corrected chi connectivity index (χ3v) is 5.46. The van der Waals surface area contributed by atoms with Gasteiger partial charge in [0.25, 0.3) is 0 Å². The number of carbonyl (C=O) groups excluding carboxylic acids is 1. The van der Waals surface area contributed by atoms with Crippen molar-refractivity contribution in [3.8, 4) is 0 Å². The highest BCUT2D eigenvalue weighted by atomic mass is 32.2. The highest BCUT2D eigenvalue weighted by Crippen LogP contribution is 2.39. The summed E-state index contributed by atoms with van der Waals surface area (Å²) in [7, 11) is -1.27. The monoisotopic (exact) mass is 323 g/mol. The van der Waals surface area contributed by atoms with Crippen molar-refractivity contribution in [3.63, 3.8) is 0 Å². The minimum Gasteiger partial charge on any atom is -0.395 e. The number of nitrogens with zero attached hydrogens (tertiary/aromatic N) is 3. The standard InChI is InChI=1S/C15H18FN3O2S/c1-15(2,9-20)14(21)22-17-13-11(16)8-12(19(13)18-22)10-6-4-3-5-7-10/h3-7,11-12,20H,8-9H2,1-2H3/t11?,12-,22?/m0/s1. The highest BCUT2D eigenvalue weighted by Gasteiger charge is 2.44. The van der Waals surface area contributed by atoms with Gasteiger partial charge in [0.2, 0.25) is 5.12 Å². The van der Waals surface area contributed by atoms with Crippen LogP contribution in [-0.2, 0) is 15.7 Å². The number of hydrogen-bond acceptors (Lipinski definition) is 5. The van der Waals surface area contributed by atoms with Crippen LogP contribution in [0.15, 0.2) is 39.2 Å². The number of amidine groups is 1. The molecule has 0 saturated carbocycles. The summed E-state index contributed by atoms with van der Waals surface area (Å²) in [5, 5.41) is 10.6. The molecule has 1 N–H and O–H groups in total. The van der Waals surface area contributed by atoms with Gasteiger partial charge in [0.05, 0.1) is 18.1 Å². The molecule has 5 nitrogen and oxygen atoms in total. The molecule has 1 saturated heterocycles. The van der Waals surface area contributed by atoms with Crippen LogP contribution in [0.5, 0.6) is 0 Å². The summed E-state index contributed by atoms with van der Waals surface area (Å²) < 4.78 is 22.8. The summed E-state index contributed by atoms with van der Waals surface area (Å²) in [6.45, 7) is 3.00. The average molecular weight is 323 g/mol. The minimum atomic E-state index is -1.27. The third-order valence-electron chi connectivity index (χ3n) is 3.88. The van der Waals surface area contributed by atoms with Crippen molar-refractivity contribution in [1.29, 1.82) is 0 Å². The van der Waals surface area contributed by atoms with Crippen LogP contribution in [0.4, 0.5) is 4.39 Å². The number of rotatable bonds is 3. The fourth-order valence-corrected chi connectivity index (χ4v) is 3.93. The minimum absolute atomic E-state index is 0.225. The first kappa shape index (κ1) is 15.3. The summed E-state index contributed by atoms with van der Waals surface area (Å²) in [6.07, 6.45) is -0.919. The number of benzene rings is 1. The lowest BCUT2D eigenvalue weighted by atomic mass is 9.97. The lowest BCUT2D eigenvalue weighted by Crippen LogP contribution is -2.30. The Morgan fingerprint density at radius 3 is 2.77 bits per heavy atom. The predicted octanol–water partition coefficient (Wildman–Crippen LogP) is 2.36. The van der Waals surface area contributed by atoms with E-state index in [2.05, 4.69) is 8.87 Å². The molecule has 118 valence electrons. The summed E-state index contributed by atoms with van der Waals surface area (Å²) in [5.74, 6) is 0.235. The van der Waals surface area contributed by atoms with Gasteiger partial charge in [-0.3, -0.25) is 4.79 Å². The zero-order valence-electron chi connectivity index (χ0n) is 12.4. The molecule has 22 heavy (non-hydrogen) atoms. The fourth-order valence-electron chi connectivity index (χ4n) is 2.44. The van der Waals surface area contributed by atoms with Crippen LogP contribution in [-0.4, -0.2) is 33.8 Å². The number of aliphatic hydroxyl groups is 1. The maximum Gasteiger partial charge on any atom is 0.230 e. The molecule has 1 aromatic carbocycles. The van der Waals surface area contributed by atoms with E-state index >= 15 is 0 Å². The number of aliphatic hydroxyl groups excluding tert-OH is 1. The molecule has 3 atom stereocenters. The molecule has 1 aromatic rings. The first-order valence-corrected chi connectivity index (χ1v) is 8.26. The van der Waals surface area contributed by atoms with Crippen molar-refractivity contribution in [2.24, 2.45) is 14.3 Å². The molecule has 2 aliphatic heterocycles. The second-order valence-corrected chi connectivity index (χ2v) is 7.34. The van der Waals surface area contributed by atoms with Crippen molar-refractivity contribution in [3.05, 3.63) is 35.9 Å². The number of alkyl halides is 1. The zero-order valence-corrected chi connectivity index (χ0v) is 13.3. The molecule has 2 aliphatic rings. The van der Waals surface area contributed by atoms with E-state index in [0.717, 1.165) is 5.56 Å². The Hall–Kier alpha value is -1.60. The summed E-state index contributed by atoms with van der Waals surface area (Å²) >= 11 is 0. The van der Waals surface area contributed by atoms with Crippen molar-refractivity contribution in [1.82, 2.24) is 5.01 Å². The van der Waals surface area contributed by atoms with Gasteiger partial charge in [-0.25, -0.2) is 9.40 Å². The van der Waals surface area contributed by atoms with Gasteiger partial charge in [-0.2, -0.15) is 4.40 Å². The van der Waals surface area contributed by atoms with E-state index < -0.39 is 22.5 Å². The third kappa shape index (κ3) is 2.48. The molecule has 0 amide bonds. The first-order chi connectivity index (χ1) is 10.4. The average Bonchev–Trinajstić information content (AvgIpc) is 3.08. The molecule has 0 spiro atoms. The van der Waals surface area contributed by atoms with Gasteiger partial charge in [-0.1, -0.05) is 30.3 Å². The lowest BCUT2D eigenvalue weighted by Gasteiger charge is -2.20. The van der Waals surface area contributed by atoms with Gasteiger partial charge in [-0.15, -0.1) is 4.47 Å². The number of fused-ring (bicyclic) bond motifs is 1. The quantitative estimate of drug-likeness (QED) is 0.928. The van der Waals surface area contributed by atoms with Crippen molar-refractivity contribution in [2.45, 2.75) is 32.5 Å². The van der Waals surface area contributed by atoms with Gasteiger partial charge in [0.1, 0.15) is 10.9 Å². The summed E-state index contributed by atoms with van der Waals surface area (Å²) in [6, 6.07) is 9.32. The fraction of sp³-hybridized carbons (Fsp3) is 0.467. The molecule has 0 aromatic heterocycles. The Morgan fingerprint density at radius 1 is 1.45 bits per heavy atom. The Bertz CT molecular complexity index is 660. The maximum atomic E-state index is 14.2. The maximum absolute atomic E-state index is 14.2. The Morgan fingerprint density at radius 2 is 2.14 bits per heavy atom. The molecular weight excluding hydrogens is 305 g/mol. The Kier molecular flexibility index (Phi) is 3.86. The number of carbonyl (C=O) groups is 1. The molecular formula is C15H18FN3O2S. The SMILES string of the molecule is CC(C)(CO)C(=O)S1=NN2C(=N1)C(F)C[C@H]2c1ccccc1. The van der Waals surface area contributed by atoms with Crippen LogP contribution < -0.4 is 0 Å². The van der Waals surface area contributed by atoms with Crippen LogP contribution in [0, 0.1) is 5.41 Å². The zero-order chi connectivity index (χ0) is 15.9. The topological polar surface area (TPSA) is 65.3 Å². The highest BCUT2D eigenvalue weighted by molar-refractivity contribution is 8.01. The smallest absolute Gasteiger partial charge is 0.230 e. The summed E-state index contributed by atoms with van der Waals surface area (Å²) in [5.41, 5.74) is 0.0308. The van der Waals surface area contributed by atoms with E-state index in [0.29, 0.717) is 6.42 Å². The molecule has 0 radical (unpaired) electrons. The molecule has 2 unspecified atom stereocenters. The molecule has 0 bridgehead atoms. The van der Waals surface area contributed by atoms with Gasteiger partial charge in [0, 0.05) is 6.42 Å². The van der Waals surface area contributed by atoms with Gasteiger partial charge in [0.15, 0.2) is 12.0 Å². The molecule has 0 aliphatic carbocycles. The number of halogens is 1. The summed E-state index contributed by atoms with van der Waals surface area (Å²) in [4.78, 5) is 12.4. The molecule has 3 rings (SSSR count). The van der Waals surface area contributed by atoms with Gasteiger partial charge >= 0.3 is 0 Å². The largest absolute Gasteiger partial charge is 0.395 e. The molecule has 1 fully saturated rings. The lowest BCUT2D eigenvalue weighted by molar-refractivity contribution is -0.120. The second kappa shape index (κ2) is 5.55. The van der Waals surface area contributed by atoms with Crippen LogP contribution >= 0.6 is 0 Å². The van der Waals surface area contributed by atoms with E-state index in [-0.39, 0.29) is 23.6 Å². The van der Waals surface area contributed by atoms with Crippen molar-refractivity contribution >= 4 is 21.8 Å². The van der Waals surface area contributed by atoms with E-state index in [9.17, 15) is 14.3 Å². The van der Waals surface area contributed by atoms with Crippen molar-refractivity contribution < 1.29 is 14.3 Å². The van der Waals surface area contributed by atoms with Gasteiger partial charge < -0.3 is 5.11 Å². The number of hydrogen-bond donors (Lipinski definition) is 1. The van der Waals surface area contributed by atoms with E-state index in [4.69, 9.17) is 0 Å². The van der Waals surface area contributed by atoms with Gasteiger partial charge in [-0.05, 0) is 19.4 Å².